The molecule has 0 spiro atoms. The Morgan fingerprint density at radius 2 is 1.72 bits per heavy atom. The third-order valence-electron chi connectivity index (χ3n) is 2.98. The van der Waals surface area contributed by atoms with E-state index in [1.807, 2.05) is 30.3 Å². The van der Waals surface area contributed by atoms with Gasteiger partial charge in [0.05, 0.1) is 11.0 Å². The van der Waals surface area contributed by atoms with Gasteiger partial charge in [-0.3, -0.25) is 9.97 Å². The molecule has 18 heavy (non-hydrogen) atoms. The van der Waals surface area contributed by atoms with Gasteiger partial charge >= 0.3 is 0 Å². The summed E-state index contributed by atoms with van der Waals surface area (Å²) in [5.41, 5.74) is 5.07. The summed E-state index contributed by atoms with van der Waals surface area (Å²) in [7, 11) is 0. The van der Waals surface area contributed by atoms with Crippen LogP contribution in [0.3, 0.4) is 0 Å². The smallest absolute Gasteiger partial charge is 0.0892 e. The maximum Gasteiger partial charge on any atom is 0.0892 e. The molecule has 0 atom stereocenters. The minimum absolute atomic E-state index is 0.762. The Bertz CT molecular complexity index is 702. The van der Waals surface area contributed by atoms with Crippen LogP contribution in [0.1, 0.15) is 5.56 Å². The van der Waals surface area contributed by atoms with E-state index < -0.39 is 0 Å². The van der Waals surface area contributed by atoms with Crippen LogP contribution in [-0.4, -0.2) is 9.97 Å². The van der Waals surface area contributed by atoms with Crippen LogP contribution >= 0.6 is 11.6 Å². The molecule has 0 radical (unpaired) electrons. The van der Waals surface area contributed by atoms with Crippen molar-refractivity contribution in [3.05, 3.63) is 59.4 Å². The van der Waals surface area contributed by atoms with Crippen LogP contribution in [0, 0.1) is 6.92 Å². The van der Waals surface area contributed by atoms with Gasteiger partial charge < -0.3 is 0 Å². The summed E-state index contributed by atoms with van der Waals surface area (Å²) in [4.78, 5) is 8.59. The van der Waals surface area contributed by atoms with Crippen LogP contribution in [0.25, 0.3) is 22.2 Å². The maximum absolute atomic E-state index is 6.28. The fraction of sp³-hybridized carbons (Fsp3) is 0.0667. The first-order valence-electron chi connectivity index (χ1n) is 5.72. The van der Waals surface area contributed by atoms with Gasteiger partial charge in [-0.05, 0) is 36.2 Å². The van der Waals surface area contributed by atoms with Crippen molar-refractivity contribution in [3.63, 3.8) is 0 Å². The van der Waals surface area contributed by atoms with Crippen LogP contribution in [0.15, 0.2) is 48.8 Å². The average Bonchev–Trinajstić information content (AvgIpc) is 2.38. The zero-order valence-corrected chi connectivity index (χ0v) is 10.6. The third-order valence-corrected chi connectivity index (χ3v) is 3.29. The van der Waals surface area contributed by atoms with Crippen LogP contribution < -0.4 is 0 Å². The number of nitrogens with zero attached hydrogens (tertiary/aromatic N) is 2. The highest BCUT2D eigenvalue weighted by Crippen LogP contribution is 2.32. The molecule has 3 rings (SSSR count). The average molecular weight is 255 g/mol. The highest BCUT2D eigenvalue weighted by Gasteiger charge is 2.07. The van der Waals surface area contributed by atoms with Crippen molar-refractivity contribution in [2.45, 2.75) is 6.92 Å². The molecule has 1 heterocycles. The second kappa shape index (κ2) is 4.39. The molecule has 3 heteroatoms. The van der Waals surface area contributed by atoms with E-state index in [1.54, 1.807) is 12.4 Å². The number of rotatable bonds is 1. The lowest BCUT2D eigenvalue weighted by Crippen LogP contribution is -1.87. The molecule has 2 aromatic carbocycles. The number of aromatic nitrogens is 2. The van der Waals surface area contributed by atoms with Crippen LogP contribution in [0.2, 0.25) is 5.02 Å². The molecule has 88 valence electrons. The summed E-state index contributed by atoms with van der Waals surface area (Å²) < 4.78 is 0. The predicted molar refractivity (Wildman–Crippen MR) is 74.7 cm³/mol. The highest BCUT2D eigenvalue weighted by molar-refractivity contribution is 6.33. The van der Waals surface area contributed by atoms with Gasteiger partial charge in [0.1, 0.15) is 0 Å². The van der Waals surface area contributed by atoms with Crippen LogP contribution in [-0.2, 0) is 0 Å². The number of hydrogen-bond donors (Lipinski definition) is 0. The Morgan fingerprint density at radius 1 is 0.944 bits per heavy atom. The maximum atomic E-state index is 6.28. The van der Waals surface area contributed by atoms with Gasteiger partial charge in [-0.2, -0.15) is 0 Å². The van der Waals surface area contributed by atoms with Crippen molar-refractivity contribution >= 4 is 22.6 Å². The van der Waals surface area contributed by atoms with Crippen molar-refractivity contribution in [3.8, 4) is 11.1 Å². The molecule has 0 aliphatic carbocycles. The second-order valence-corrected chi connectivity index (χ2v) is 4.60. The molecule has 1 aromatic heterocycles. The fourth-order valence-corrected chi connectivity index (χ4v) is 2.45. The molecule has 0 bridgehead atoms. The van der Waals surface area contributed by atoms with Crippen LogP contribution in [0.4, 0.5) is 0 Å². The summed E-state index contributed by atoms with van der Waals surface area (Å²) in [5.74, 6) is 0. The Hall–Kier alpha value is -1.93. The molecular weight excluding hydrogens is 244 g/mol. The van der Waals surface area contributed by atoms with E-state index in [1.165, 1.54) is 0 Å². The molecule has 0 unspecified atom stereocenters. The first kappa shape index (κ1) is 11.2. The molecule has 2 nitrogen and oxygen atoms in total. The van der Waals surface area contributed by atoms with Gasteiger partial charge in [-0.25, -0.2) is 0 Å². The normalized spacial score (nSPS) is 10.8. The Balaban J connectivity index is 2.26. The van der Waals surface area contributed by atoms with Crippen molar-refractivity contribution in [1.82, 2.24) is 9.97 Å². The fourth-order valence-electron chi connectivity index (χ4n) is 2.12. The predicted octanol–water partition coefficient (Wildman–Crippen LogP) is 4.26. The lowest BCUT2D eigenvalue weighted by Gasteiger charge is -2.08. The minimum Gasteiger partial charge on any atom is -0.253 e. The molecule has 0 aliphatic rings. The summed E-state index contributed by atoms with van der Waals surface area (Å²) in [6, 6.07) is 12.0. The number of fused-ring (bicyclic) bond motifs is 1. The second-order valence-electron chi connectivity index (χ2n) is 4.19. The monoisotopic (exact) mass is 254 g/mol. The standard InChI is InChI=1S/C15H11ClN2/c1-10-3-2-4-12(16)15(10)11-5-6-13-14(9-11)18-8-7-17-13/h2-9H,1H3. The molecule has 0 amide bonds. The minimum atomic E-state index is 0.762. The highest BCUT2D eigenvalue weighted by atomic mass is 35.5. The van der Waals surface area contributed by atoms with Gasteiger partial charge in [0.2, 0.25) is 0 Å². The summed E-state index contributed by atoms with van der Waals surface area (Å²) >= 11 is 6.28. The van der Waals surface area contributed by atoms with Gasteiger partial charge in [0.15, 0.2) is 0 Å². The Kier molecular flexibility index (Phi) is 2.73. The first-order chi connectivity index (χ1) is 8.75. The summed E-state index contributed by atoms with van der Waals surface area (Å²) in [5, 5.41) is 0.762. The summed E-state index contributed by atoms with van der Waals surface area (Å²) in [6.07, 6.45) is 3.40. The zero-order valence-electron chi connectivity index (χ0n) is 9.89. The van der Waals surface area contributed by atoms with Crippen molar-refractivity contribution in [1.29, 1.82) is 0 Å². The number of hydrogen-bond acceptors (Lipinski definition) is 2. The topological polar surface area (TPSA) is 25.8 Å². The Labute approximate surface area is 110 Å². The van der Waals surface area contributed by atoms with Crippen molar-refractivity contribution < 1.29 is 0 Å². The molecule has 0 fully saturated rings. The number of aryl methyl sites for hydroxylation is 1. The summed E-state index contributed by atoms with van der Waals surface area (Å²) in [6.45, 7) is 2.06. The van der Waals surface area contributed by atoms with Gasteiger partial charge in [0, 0.05) is 23.0 Å². The zero-order chi connectivity index (χ0) is 12.5. The molecule has 0 saturated carbocycles. The van der Waals surface area contributed by atoms with E-state index in [4.69, 9.17) is 11.6 Å². The van der Waals surface area contributed by atoms with Crippen molar-refractivity contribution in [2.24, 2.45) is 0 Å². The van der Waals surface area contributed by atoms with Crippen molar-refractivity contribution in [2.75, 3.05) is 0 Å². The molecule has 0 aliphatic heterocycles. The molecule has 0 N–H and O–H groups in total. The molecule has 0 saturated heterocycles. The quantitative estimate of drug-likeness (QED) is 0.648. The number of benzene rings is 2. The van der Waals surface area contributed by atoms with E-state index >= 15 is 0 Å². The van der Waals surface area contributed by atoms with E-state index in [0.29, 0.717) is 0 Å². The Morgan fingerprint density at radius 3 is 2.50 bits per heavy atom. The number of halogens is 1. The van der Waals surface area contributed by atoms with E-state index in [-0.39, 0.29) is 0 Å². The van der Waals surface area contributed by atoms with Gasteiger partial charge in [-0.1, -0.05) is 29.8 Å². The van der Waals surface area contributed by atoms with E-state index in [9.17, 15) is 0 Å². The first-order valence-corrected chi connectivity index (χ1v) is 6.10. The molecular formula is C15H11ClN2. The largest absolute Gasteiger partial charge is 0.253 e. The van der Waals surface area contributed by atoms with E-state index in [0.717, 1.165) is 32.7 Å². The SMILES string of the molecule is Cc1cccc(Cl)c1-c1ccc2nccnc2c1. The molecule has 3 aromatic rings. The van der Waals surface area contributed by atoms with Gasteiger partial charge in [0.25, 0.3) is 0 Å². The van der Waals surface area contributed by atoms with Gasteiger partial charge in [-0.15, -0.1) is 0 Å². The lowest BCUT2D eigenvalue weighted by molar-refractivity contribution is 1.29. The van der Waals surface area contributed by atoms with Crippen LogP contribution in [0.5, 0.6) is 0 Å². The lowest BCUT2D eigenvalue weighted by atomic mass is 10.00. The van der Waals surface area contributed by atoms with E-state index in [2.05, 4.69) is 23.0 Å². The third kappa shape index (κ3) is 1.85.